The van der Waals surface area contributed by atoms with E-state index in [1.54, 1.807) is 13.8 Å². The van der Waals surface area contributed by atoms with E-state index >= 15 is 0 Å². The van der Waals surface area contributed by atoms with E-state index in [0.717, 1.165) is 7.11 Å². The maximum atomic E-state index is 13.9. The van der Waals surface area contributed by atoms with Crippen LogP contribution in [0.15, 0.2) is 11.1 Å². The zero-order chi connectivity index (χ0) is 30.4. The highest BCUT2D eigenvalue weighted by Gasteiger charge is 2.61. The third-order valence-electron chi connectivity index (χ3n) is 9.30. The fourth-order valence-electron chi connectivity index (χ4n) is 7.09. The fourth-order valence-corrected chi connectivity index (χ4v) is 7.09. The first-order valence-corrected chi connectivity index (χ1v) is 14.0. The Kier molecular flexibility index (Phi) is 7.00. The largest absolute Gasteiger partial charge is 0.507 e. The normalized spacial score (nSPS) is 39.1. The van der Waals surface area contributed by atoms with Crippen LogP contribution in [0.3, 0.4) is 0 Å². The molecule has 5 N–H and O–H groups in total. The van der Waals surface area contributed by atoms with Crippen molar-refractivity contribution in [3.8, 4) is 11.5 Å². The van der Waals surface area contributed by atoms with E-state index in [2.05, 4.69) is 4.74 Å². The number of aliphatic hydroxyl groups excluding tert-OH is 2. The summed E-state index contributed by atoms with van der Waals surface area (Å²) in [5, 5.41) is 56.3. The van der Waals surface area contributed by atoms with Crippen molar-refractivity contribution >= 4 is 17.5 Å². The van der Waals surface area contributed by atoms with Gasteiger partial charge in [0, 0.05) is 35.1 Å². The third kappa shape index (κ3) is 3.99. The van der Waals surface area contributed by atoms with Gasteiger partial charge in [-0.15, -0.1) is 0 Å². The number of aromatic hydroxyl groups is 2. The van der Waals surface area contributed by atoms with Crippen molar-refractivity contribution in [3.63, 3.8) is 0 Å². The summed E-state index contributed by atoms with van der Waals surface area (Å²) in [5.41, 5.74) is -3.89. The molecule has 228 valence electrons. The zero-order valence-corrected chi connectivity index (χ0v) is 23.5. The number of methoxy groups -OCH3 is 1. The number of ketones is 2. The van der Waals surface area contributed by atoms with Crippen molar-refractivity contribution in [2.75, 3.05) is 7.11 Å². The van der Waals surface area contributed by atoms with Gasteiger partial charge in [0.2, 0.25) is 0 Å². The predicted octanol–water partition coefficient (Wildman–Crippen LogP) is 0.807. The predicted molar refractivity (Wildman–Crippen MR) is 139 cm³/mol. The molecule has 1 aromatic rings. The molecule has 0 amide bonds. The molecule has 4 heterocycles. The highest BCUT2D eigenvalue weighted by molar-refractivity contribution is 6.30. The van der Waals surface area contributed by atoms with Crippen molar-refractivity contribution in [2.24, 2.45) is 0 Å². The van der Waals surface area contributed by atoms with Gasteiger partial charge < -0.3 is 49.2 Å². The Labute approximate surface area is 240 Å². The number of phenolic OH excluding ortho intramolecular Hbond substituents is 2. The first kappa shape index (κ1) is 29.2. The number of ether oxygens (including phenoxy) is 5. The van der Waals surface area contributed by atoms with Crippen LogP contribution in [0.5, 0.6) is 11.5 Å². The summed E-state index contributed by atoms with van der Waals surface area (Å²) >= 11 is 0. The van der Waals surface area contributed by atoms with E-state index < -0.39 is 101 Å². The molecule has 6 aliphatic rings. The second kappa shape index (κ2) is 10.1. The summed E-state index contributed by atoms with van der Waals surface area (Å²) in [4.78, 5) is 39.7. The Hall–Kier alpha value is -2.91. The molecule has 13 heteroatoms. The molecule has 0 aromatic heterocycles. The number of benzene rings is 1. The van der Waals surface area contributed by atoms with Gasteiger partial charge in [-0.2, -0.15) is 0 Å². The Bertz CT molecular complexity index is 1400. The molecule has 0 spiro atoms. The minimum Gasteiger partial charge on any atom is -0.507 e. The van der Waals surface area contributed by atoms with Gasteiger partial charge in [0.1, 0.15) is 23.2 Å². The zero-order valence-electron chi connectivity index (χ0n) is 23.5. The van der Waals surface area contributed by atoms with Crippen molar-refractivity contribution in [2.45, 2.75) is 107 Å². The van der Waals surface area contributed by atoms with Gasteiger partial charge in [-0.1, -0.05) is 0 Å². The van der Waals surface area contributed by atoms with Gasteiger partial charge >= 0.3 is 5.97 Å². The van der Waals surface area contributed by atoms with Crippen LogP contribution in [0.4, 0.5) is 0 Å². The molecule has 0 saturated carbocycles. The minimum absolute atomic E-state index is 0.0290. The van der Waals surface area contributed by atoms with E-state index in [9.17, 15) is 39.9 Å². The summed E-state index contributed by atoms with van der Waals surface area (Å²) in [7, 11) is 1.16. The Morgan fingerprint density at radius 3 is 2.31 bits per heavy atom. The molecule has 4 aliphatic heterocycles. The van der Waals surface area contributed by atoms with E-state index in [4.69, 9.17) is 18.9 Å². The summed E-state index contributed by atoms with van der Waals surface area (Å²) < 4.78 is 28.3. The van der Waals surface area contributed by atoms with Crippen LogP contribution in [-0.2, 0) is 34.1 Å². The number of phenols is 2. The second-order valence-corrected chi connectivity index (χ2v) is 11.6. The molecule has 2 fully saturated rings. The van der Waals surface area contributed by atoms with E-state index in [1.165, 1.54) is 6.92 Å². The second-order valence-electron chi connectivity index (χ2n) is 11.6. The maximum absolute atomic E-state index is 13.9. The van der Waals surface area contributed by atoms with E-state index in [1.807, 2.05) is 0 Å². The standard InChI is InChI=1S/C29H34O13/c1-9-12(30)5-6-17(40-9)42-15-7-13-19-23(29(15,37)11(3)41-13)28(36)22-21(26(19)34)27(35)20-18(25(22)33)10(2)39-14(24(20)32)8-16(31)38-4/h9-15,17,24,30,32,34,36-37H,5-8H2,1-4H3/t9-,10+,11+,12-,13+,14+,15+,17-,24-,29-/m1/s1. The van der Waals surface area contributed by atoms with Crippen LogP contribution in [0, 0.1) is 0 Å². The van der Waals surface area contributed by atoms with E-state index in [0.29, 0.717) is 12.8 Å². The van der Waals surface area contributed by atoms with Gasteiger partial charge in [-0.3, -0.25) is 14.4 Å². The molecule has 2 saturated heterocycles. The summed E-state index contributed by atoms with van der Waals surface area (Å²) in [6.07, 6.45) is -8.33. The quantitative estimate of drug-likeness (QED) is 0.244. The monoisotopic (exact) mass is 590 g/mol. The number of Topliss-reactive ketones (excluding diaryl/α,β-unsaturated/α-hetero) is 2. The van der Waals surface area contributed by atoms with Crippen LogP contribution < -0.4 is 0 Å². The summed E-state index contributed by atoms with van der Waals surface area (Å²) in [6, 6.07) is 0. The number of carbonyl (C=O) groups is 3. The van der Waals surface area contributed by atoms with E-state index in [-0.39, 0.29) is 35.1 Å². The lowest BCUT2D eigenvalue weighted by Crippen LogP contribution is -2.60. The van der Waals surface area contributed by atoms with Crippen molar-refractivity contribution < 1.29 is 63.6 Å². The summed E-state index contributed by atoms with van der Waals surface area (Å²) in [5.74, 6) is -3.84. The molecule has 0 radical (unpaired) electrons. The molecule has 0 unspecified atom stereocenters. The SMILES string of the molecule is COC(=O)C[C@@H]1O[C@@H](C)C2=C(C(=O)c3c(O)c4c(c(O)c3C2=O)[C@@]2(O)[C@H](C)O[C@H]4C[C@@H]2O[C@@H]2CC[C@@H](O)[C@@H](C)O2)[C@@H]1O. The van der Waals surface area contributed by atoms with Gasteiger partial charge in [-0.25, -0.2) is 0 Å². The van der Waals surface area contributed by atoms with Gasteiger partial charge in [-0.05, 0) is 27.2 Å². The third-order valence-corrected chi connectivity index (χ3v) is 9.30. The van der Waals surface area contributed by atoms with Crippen LogP contribution in [0.2, 0.25) is 0 Å². The van der Waals surface area contributed by atoms with Crippen molar-refractivity contribution in [1.82, 2.24) is 0 Å². The molecular weight excluding hydrogens is 556 g/mol. The fraction of sp³-hybridized carbons (Fsp3) is 0.621. The molecule has 13 nitrogen and oxygen atoms in total. The number of hydrogen-bond acceptors (Lipinski definition) is 13. The van der Waals surface area contributed by atoms with Gasteiger partial charge in [0.05, 0.1) is 67.4 Å². The maximum Gasteiger partial charge on any atom is 0.308 e. The molecule has 10 atom stereocenters. The van der Waals surface area contributed by atoms with Crippen LogP contribution in [0.1, 0.15) is 84.4 Å². The highest BCUT2D eigenvalue weighted by atomic mass is 16.7. The summed E-state index contributed by atoms with van der Waals surface area (Å²) in [6.45, 7) is 4.74. The van der Waals surface area contributed by atoms with Crippen molar-refractivity contribution in [3.05, 3.63) is 33.4 Å². The van der Waals surface area contributed by atoms with Gasteiger partial charge in [0.25, 0.3) is 0 Å². The topological polar surface area (TPSA) is 199 Å². The van der Waals surface area contributed by atoms with Crippen LogP contribution in [-0.4, -0.2) is 99.2 Å². The number of aliphatic hydroxyl groups is 3. The lowest BCUT2D eigenvalue weighted by Gasteiger charge is -2.54. The number of hydrogen-bond donors (Lipinski definition) is 5. The Morgan fingerprint density at radius 2 is 1.64 bits per heavy atom. The molecule has 42 heavy (non-hydrogen) atoms. The molecule has 1 aromatic carbocycles. The lowest BCUT2D eigenvalue weighted by molar-refractivity contribution is -0.311. The molecular formula is C29H34O13. The van der Waals surface area contributed by atoms with Crippen molar-refractivity contribution in [1.29, 1.82) is 0 Å². The number of fused-ring (bicyclic) bond motifs is 3. The first-order valence-electron chi connectivity index (χ1n) is 14.0. The number of carbonyl (C=O) groups excluding carboxylic acids is 3. The molecule has 7 rings (SSSR count). The number of esters is 1. The average molecular weight is 591 g/mol. The first-order chi connectivity index (χ1) is 19.8. The van der Waals surface area contributed by atoms with Crippen LogP contribution >= 0.6 is 0 Å². The smallest absolute Gasteiger partial charge is 0.308 e. The van der Waals surface area contributed by atoms with Gasteiger partial charge in [0.15, 0.2) is 17.9 Å². The minimum atomic E-state index is -2.05. The average Bonchev–Trinajstić information content (AvgIpc) is 2.93. The number of rotatable bonds is 4. The van der Waals surface area contributed by atoms with Crippen LogP contribution in [0.25, 0.3) is 0 Å². The molecule has 2 bridgehead atoms. The Morgan fingerprint density at radius 1 is 0.976 bits per heavy atom. The Balaban J connectivity index is 1.44. The molecule has 2 aliphatic carbocycles. The highest BCUT2D eigenvalue weighted by Crippen LogP contribution is 2.60. The lowest BCUT2D eigenvalue weighted by atomic mass is 9.66.